The summed E-state index contributed by atoms with van der Waals surface area (Å²) < 4.78 is 34.5. The van der Waals surface area contributed by atoms with Crippen LogP contribution < -0.4 is 86.1 Å². The van der Waals surface area contributed by atoms with Gasteiger partial charge in [-0.2, -0.15) is 0 Å². The summed E-state index contributed by atoms with van der Waals surface area (Å²) in [6.45, 7) is 0.145. The molecule has 3 unspecified atom stereocenters. The number of aliphatic hydroxyl groups is 1. The number of aliphatic hydroxyl groups excluding tert-OH is 1. The third-order valence-electron chi connectivity index (χ3n) is 2.53. The largest absolute Gasteiger partial charge is 1.00 e. The Labute approximate surface area is 178 Å². The fourth-order valence-corrected chi connectivity index (χ4v) is 1.30. The number of aliphatic carboxylic acids is 2. The number of nitrogens with two attached hydrogens (primary N) is 2. The molecule has 0 aromatic rings. The first-order valence-electron chi connectivity index (χ1n) is 6.59. The summed E-state index contributed by atoms with van der Waals surface area (Å²) >= 11 is -5.94. The first-order chi connectivity index (χ1) is 10.9. The minimum atomic E-state index is -5.94. The van der Waals surface area contributed by atoms with Crippen molar-refractivity contribution >= 4 is 18.2 Å². The topological polar surface area (TPSA) is 291 Å². The van der Waals surface area contributed by atoms with Crippen LogP contribution in [-0.4, -0.2) is 53.1 Å². The molecule has 10 N–H and O–H groups in total. The standard InChI is InChI=1S/C6H14N2O3.C5H7NO2.IO4.H3N.Na/c7-3-4(9)1-2-5(8)6(10)11;7-5(8)4-2-1-3-6-4;2-1(3,4)5;;/h4-5,9H,1-3,7-8H2,(H,10,11);3-4H,1-2H2,(H,7,8);;1H3;/q;;-1;;+1. The van der Waals surface area contributed by atoms with Crippen LogP contribution >= 0.6 is 0 Å². The molecule has 0 spiro atoms. The van der Waals surface area contributed by atoms with Crippen molar-refractivity contribution < 1.29 is 88.3 Å². The molecular formula is C11H24IN4NaO9. The fourth-order valence-electron chi connectivity index (χ4n) is 1.30. The van der Waals surface area contributed by atoms with Crippen LogP contribution in [0, 0.1) is 0 Å². The Morgan fingerprint density at radius 2 is 1.73 bits per heavy atom. The minimum Gasteiger partial charge on any atom is -0.548 e. The van der Waals surface area contributed by atoms with Gasteiger partial charge in [-0.1, -0.05) is 0 Å². The van der Waals surface area contributed by atoms with Crippen LogP contribution in [-0.2, 0) is 9.59 Å². The maximum atomic E-state index is 10.2. The molecule has 0 saturated carbocycles. The summed E-state index contributed by atoms with van der Waals surface area (Å²) in [5, 5.41) is 27.2. The Bertz CT molecular complexity index is 406. The van der Waals surface area contributed by atoms with E-state index in [0.717, 1.165) is 6.42 Å². The molecule has 0 bridgehead atoms. The first kappa shape index (κ1) is 33.6. The molecular weight excluding hydrogens is 482 g/mol. The van der Waals surface area contributed by atoms with Gasteiger partial charge in [-0.3, -0.25) is 23.5 Å². The van der Waals surface area contributed by atoms with Gasteiger partial charge in [0.2, 0.25) is 0 Å². The number of rotatable bonds is 6. The zero-order valence-electron chi connectivity index (χ0n) is 14.6. The molecule has 1 rings (SSSR count). The van der Waals surface area contributed by atoms with Crippen LogP contribution in [0.25, 0.3) is 0 Å². The number of nitrogens with zero attached hydrogens (tertiary/aromatic N) is 1. The Morgan fingerprint density at radius 1 is 1.27 bits per heavy atom. The second-order valence-electron chi connectivity index (χ2n) is 4.53. The van der Waals surface area contributed by atoms with E-state index in [1.54, 1.807) is 6.21 Å². The third kappa shape index (κ3) is 26.3. The van der Waals surface area contributed by atoms with Crippen LogP contribution in [0.5, 0.6) is 0 Å². The molecule has 1 aliphatic heterocycles. The van der Waals surface area contributed by atoms with Gasteiger partial charge in [0.05, 0.1) is 18.1 Å². The van der Waals surface area contributed by atoms with Crippen molar-refractivity contribution in [2.75, 3.05) is 6.54 Å². The van der Waals surface area contributed by atoms with Crippen molar-refractivity contribution in [3.05, 3.63) is 0 Å². The number of carbonyl (C=O) groups excluding carboxylic acids is 1. The van der Waals surface area contributed by atoms with Gasteiger partial charge in [-0.25, -0.2) is 0 Å². The van der Waals surface area contributed by atoms with E-state index < -0.39 is 50.2 Å². The molecule has 3 atom stereocenters. The summed E-state index contributed by atoms with van der Waals surface area (Å²) in [7, 11) is 0. The van der Waals surface area contributed by atoms with Gasteiger partial charge in [-0.15, -0.1) is 0 Å². The quantitative estimate of drug-likeness (QED) is 0.166. The molecule has 150 valence electrons. The Kier molecular flexibility index (Phi) is 23.8. The molecule has 13 nitrogen and oxygen atoms in total. The average Bonchev–Trinajstić information content (AvgIpc) is 2.97. The Morgan fingerprint density at radius 3 is 1.96 bits per heavy atom. The van der Waals surface area contributed by atoms with Crippen LogP contribution in [0.1, 0.15) is 25.7 Å². The summed E-state index contributed by atoms with van der Waals surface area (Å²) in [5.41, 5.74) is 10.3. The van der Waals surface area contributed by atoms with Crippen molar-refractivity contribution in [3.8, 4) is 0 Å². The number of carbonyl (C=O) groups is 2. The van der Waals surface area contributed by atoms with Crippen LogP contribution in [0.3, 0.4) is 0 Å². The second-order valence-corrected chi connectivity index (χ2v) is 6.69. The van der Waals surface area contributed by atoms with Crippen molar-refractivity contribution in [1.29, 1.82) is 0 Å². The molecule has 0 amide bonds. The SMILES string of the molecule is NCC(O)CCC(N)C(=O)O.O=C([O-])C1CCC=N1.[NH4+].[Na+].[O-][I+3]([O-])([O-])[O-]. The van der Waals surface area contributed by atoms with Crippen molar-refractivity contribution in [2.45, 2.75) is 43.9 Å². The summed E-state index contributed by atoms with van der Waals surface area (Å²) in [4.78, 5) is 23.8. The fraction of sp³-hybridized carbons (Fsp3) is 0.727. The van der Waals surface area contributed by atoms with Crippen LogP contribution in [0.4, 0.5) is 0 Å². The van der Waals surface area contributed by atoms with Crippen molar-refractivity contribution in [2.24, 2.45) is 16.5 Å². The molecule has 0 radical (unpaired) electrons. The molecule has 1 aliphatic rings. The maximum absolute atomic E-state index is 10.2. The van der Waals surface area contributed by atoms with Gasteiger partial charge in [-0.05, 0) is 31.9 Å². The van der Waals surface area contributed by atoms with Gasteiger partial charge in [0.1, 0.15) is 26.1 Å². The van der Waals surface area contributed by atoms with Crippen molar-refractivity contribution in [1.82, 2.24) is 6.15 Å². The monoisotopic (exact) mass is 506 g/mol. The van der Waals surface area contributed by atoms with Gasteiger partial charge in [0.15, 0.2) is 0 Å². The van der Waals surface area contributed by atoms with E-state index in [4.69, 9.17) is 35.4 Å². The number of carboxylic acids is 2. The summed E-state index contributed by atoms with van der Waals surface area (Å²) in [5.74, 6) is -2.10. The van der Waals surface area contributed by atoms with Gasteiger partial charge in [0, 0.05) is 6.54 Å². The normalized spacial score (nSPS) is 17.1. The Balaban J connectivity index is -0.000000143. The average molecular weight is 506 g/mol. The van der Waals surface area contributed by atoms with E-state index in [0.29, 0.717) is 12.8 Å². The summed E-state index contributed by atoms with van der Waals surface area (Å²) in [6.07, 6.45) is 2.97. The number of hydrogen-bond donors (Lipinski definition) is 5. The van der Waals surface area contributed by atoms with E-state index in [1.807, 2.05) is 0 Å². The predicted molar refractivity (Wildman–Crippen MR) is 72.4 cm³/mol. The van der Waals surface area contributed by atoms with E-state index in [2.05, 4.69) is 4.99 Å². The van der Waals surface area contributed by atoms with Crippen LogP contribution in [0.15, 0.2) is 4.99 Å². The number of quaternary nitrogens is 1. The predicted octanol–water partition coefficient (Wildman–Crippen LogP) is -12.9. The molecule has 0 aliphatic carbocycles. The zero-order chi connectivity index (χ0) is 19.3. The number of hydrogen-bond acceptors (Lipinski definition) is 11. The molecule has 26 heavy (non-hydrogen) atoms. The maximum Gasteiger partial charge on any atom is 1.00 e. The smallest absolute Gasteiger partial charge is 0.548 e. The first-order valence-corrected chi connectivity index (χ1v) is 10.1. The molecule has 0 aromatic carbocycles. The Hall–Kier alpha value is 0.0200. The second kappa shape index (κ2) is 18.4. The van der Waals surface area contributed by atoms with E-state index in [9.17, 15) is 14.7 Å². The molecule has 15 heteroatoms. The molecule has 1 heterocycles. The molecule has 0 saturated heterocycles. The minimum absolute atomic E-state index is 0. The third-order valence-corrected chi connectivity index (χ3v) is 2.53. The summed E-state index contributed by atoms with van der Waals surface area (Å²) in [6, 6.07) is -1.45. The van der Waals surface area contributed by atoms with Gasteiger partial charge >= 0.3 is 35.5 Å². The van der Waals surface area contributed by atoms with E-state index >= 15 is 0 Å². The van der Waals surface area contributed by atoms with Gasteiger partial charge < -0.3 is 37.7 Å². The van der Waals surface area contributed by atoms with Crippen molar-refractivity contribution in [3.63, 3.8) is 0 Å². The zero-order valence-corrected chi connectivity index (χ0v) is 18.7. The van der Waals surface area contributed by atoms with E-state index in [1.165, 1.54) is 0 Å². The number of carboxylic acid groups (broad SMARTS) is 2. The van der Waals surface area contributed by atoms with Crippen LogP contribution in [0.2, 0.25) is 0 Å². The number of halogens is 1. The molecule has 0 aromatic heterocycles. The number of aliphatic imine (C=N–C) groups is 1. The van der Waals surface area contributed by atoms with E-state index in [-0.39, 0.29) is 48.7 Å². The van der Waals surface area contributed by atoms with Gasteiger partial charge in [0.25, 0.3) is 0 Å². The molecule has 0 fully saturated rings.